The Bertz CT molecular complexity index is 1710. The predicted molar refractivity (Wildman–Crippen MR) is 132 cm³/mol. The molecule has 8 nitrogen and oxygen atoms in total. The molecule has 0 atom stereocenters. The van der Waals surface area contributed by atoms with Crippen LogP contribution in [0.3, 0.4) is 0 Å². The van der Waals surface area contributed by atoms with Crippen molar-refractivity contribution in [3.05, 3.63) is 93.0 Å². The zero-order valence-electron chi connectivity index (χ0n) is 19.4. The zero-order valence-corrected chi connectivity index (χ0v) is 19.4. The van der Waals surface area contributed by atoms with Crippen molar-refractivity contribution in [3.8, 4) is 22.8 Å². The van der Waals surface area contributed by atoms with E-state index in [2.05, 4.69) is 0 Å². The molecule has 8 heteroatoms. The lowest BCUT2D eigenvalue weighted by Gasteiger charge is -2.12. The van der Waals surface area contributed by atoms with Gasteiger partial charge in [-0.15, -0.1) is 0 Å². The first-order valence-corrected chi connectivity index (χ1v) is 10.9. The lowest BCUT2D eigenvalue weighted by Crippen LogP contribution is -2.19. The van der Waals surface area contributed by atoms with Gasteiger partial charge in [0.1, 0.15) is 11.3 Å². The molecule has 0 bridgehead atoms. The molecule has 0 N–H and O–H groups in total. The number of ether oxygens (including phenoxy) is 2. The number of hydrogen-bond acceptors (Lipinski definition) is 6. The Hall–Kier alpha value is -4.59. The highest BCUT2D eigenvalue weighted by molar-refractivity contribution is 6.00. The summed E-state index contributed by atoms with van der Waals surface area (Å²) in [6.45, 7) is -0.376. The number of Topliss-reactive ketones (excluding diaryl/α,β-unsaturated/α-hetero) is 1. The van der Waals surface area contributed by atoms with Crippen LogP contribution in [0.4, 0.5) is 0 Å². The quantitative estimate of drug-likeness (QED) is 0.349. The highest BCUT2D eigenvalue weighted by Crippen LogP contribution is 2.32. The number of para-hydroxylation sites is 1. The molecule has 2 heterocycles. The number of imidazole rings is 1. The number of nitrogens with zero attached hydrogens (tertiary/aromatic N) is 2. The highest BCUT2D eigenvalue weighted by Gasteiger charge is 2.20. The van der Waals surface area contributed by atoms with Crippen molar-refractivity contribution < 1.29 is 18.7 Å². The molecule has 2 aromatic heterocycles. The van der Waals surface area contributed by atoms with Crippen LogP contribution >= 0.6 is 0 Å². The summed E-state index contributed by atoms with van der Waals surface area (Å²) in [4.78, 5) is 38.5. The van der Waals surface area contributed by atoms with Gasteiger partial charge >= 0.3 is 5.69 Å². The smallest absolute Gasteiger partial charge is 0.328 e. The maximum absolute atomic E-state index is 13.3. The van der Waals surface area contributed by atoms with Crippen LogP contribution in [0.15, 0.2) is 80.7 Å². The Kier molecular flexibility index (Phi) is 5.49. The number of fused-ring (bicyclic) bond motifs is 2. The van der Waals surface area contributed by atoms with Crippen LogP contribution < -0.4 is 20.6 Å². The van der Waals surface area contributed by atoms with Crippen molar-refractivity contribution in [1.29, 1.82) is 0 Å². The summed E-state index contributed by atoms with van der Waals surface area (Å²) in [5.74, 6) is 0.497. The summed E-state index contributed by atoms with van der Waals surface area (Å²) in [6, 6.07) is 18.9. The monoisotopic (exact) mass is 470 g/mol. The molecule has 35 heavy (non-hydrogen) atoms. The van der Waals surface area contributed by atoms with Gasteiger partial charge in [-0.3, -0.25) is 18.7 Å². The van der Waals surface area contributed by atoms with Gasteiger partial charge in [-0.25, -0.2) is 4.79 Å². The third-order valence-corrected chi connectivity index (χ3v) is 6.05. The summed E-state index contributed by atoms with van der Waals surface area (Å²) >= 11 is 0. The first kappa shape index (κ1) is 22.2. The number of benzene rings is 3. The van der Waals surface area contributed by atoms with Gasteiger partial charge in [0.15, 0.2) is 18.2 Å². The van der Waals surface area contributed by atoms with E-state index < -0.39 is 0 Å². The van der Waals surface area contributed by atoms with Crippen LogP contribution in [0.25, 0.3) is 33.3 Å². The number of hydrogen-bond donors (Lipinski definition) is 0. The second-order valence-electron chi connectivity index (χ2n) is 8.13. The summed E-state index contributed by atoms with van der Waals surface area (Å²) in [5, 5.41) is 0.355. The SMILES string of the molecule is COc1ccc(-c2oc3ccccc3c(=O)c2OCC(=O)c2ccc3c(c2)n(C)c(=O)n3C)cc1. The fourth-order valence-corrected chi connectivity index (χ4v) is 4.09. The average Bonchev–Trinajstić information content (AvgIpc) is 3.11. The van der Waals surface area contributed by atoms with Crippen molar-refractivity contribution in [3.63, 3.8) is 0 Å². The summed E-state index contributed by atoms with van der Waals surface area (Å²) in [6.07, 6.45) is 0. The number of aryl methyl sites for hydroxylation is 2. The van der Waals surface area contributed by atoms with E-state index in [1.807, 2.05) is 0 Å². The van der Waals surface area contributed by atoms with Crippen molar-refractivity contribution in [2.75, 3.05) is 13.7 Å². The molecule has 0 amide bonds. The summed E-state index contributed by atoms with van der Waals surface area (Å²) in [5.41, 5.74) is 2.19. The first-order valence-electron chi connectivity index (χ1n) is 10.9. The molecule has 0 spiro atoms. The summed E-state index contributed by atoms with van der Waals surface area (Å²) < 4.78 is 20.1. The lowest BCUT2D eigenvalue weighted by atomic mass is 10.1. The van der Waals surface area contributed by atoms with E-state index in [1.54, 1.807) is 87.9 Å². The third-order valence-electron chi connectivity index (χ3n) is 6.05. The highest BCUT2D eigenvalue weighted by atomic mass is 16.5. The Morgan fingerprint density at radius 3 is 2.37 bits per heavy atom. The molecule has 0 aliphatic heterocycles. The van der Waals surface area contributed by atoms with E-state index in [4.69, 9.17) is 13.9 Å². The minimum Gasteiger partial charge on any atom is -0.497 e. The van der Waals surface area contributed by atoms with Gasteiger partial charge in [0.2, 0.25) is 11.2 Å². The fraction of sp³-hybridized carbons (Fsp3) is 0.148. The Morgan fingerprint density at radius 2 is 1.63 bits per heavy atom. The number of methoxy groups -OCH3 is 1. The van der Waals surface area contributed by atoms with Gasteiger partial charge in [-0.05, 0) is 54.6 Å². The summed E-state index contributed by atoms with van der Waals surface area (Å²) in [7, 11) is 4.89. The van der Waals surface area contributed by atoms with Crippen molar-refractivity contribution >= 4 is 27.8 Å². The second-order valence-corrected chi connectivity index (χ2v) is 8.13. The van der Waals surface area contributed by atoms with Crippen LogP contribution in [0, 0.1) is 0 Å². The molecular weight excluding hydrogens is 448 g/mol. The van der Waals surface area contributed by atoms with Crippen LogP contribution in [0.2, 0.25) is 0 Å². The third kappa shape index (κ3) is 3.78. The molecule has 0 radical (unpaired) electrons. The largest absolute Gasteiger partial charge is 0.497 e. The fourth-order valence-electron chi connectivity index (χ4n) is 4.09. The van der Waals surface area contributed by atoms with E-state index in [0.29, 0.717) is 38.9 Å². The van der Waals surface area contributed by atoms with Gasteiger partial charge in [0.25, 0.3) is 0 Å². The van der Waals surface area contributed by atoms with Crippen LogP contribution in [-0.2, 0) is 14.1 Å². The maximum atomic E-state index is 13.3. The van der Waals surface area contributed by atoms with Crippen LogP contribution in [0.5, 0.6) is 11.5 Å². The number of ketones is 1. The number of carbonyl (C=O) groups is 1. The van der Waals surface area contributed by atoms with Crippen molar-refractivity contribution in [1.82, 2.24) is 9.13 Å². The minimum atomic E-state index is -0.376. The van der Waals surface area contributed by atoms with E-state index in [9.17, 15) is 14.4 Å². The lowest BCUT2D eigenvalue weighted by molar-refractivity contribution is 0.0920. The minimum absolute atomic E-state index is 0.0459. The molecule has 0 fully saturated rings. The average molecular weight is 470 g/mol. The van der Waals surface area contributed by atoms with Crippen molar-refractivity contribution in [2.24, 2.45) is 14.1 Å². The Labute approximate surface area is 199 Å². The number of aromatic nitrogens is 2. The Morgan fingerprint density at radius 1 is 0.914 bits per heavy atom. The van der Waals surface area contributed by atoms with Gasteiger partial charge in [0.05, 0.1) is 23.5 Å². The second kappa shape index (κ2) is 8.64. The molecule has 0 unspecified atom stereocenters. The van der Waals surface area contributed by atoms with Crippen LogP contribution in [-0.4, -0.2) is 28.6 Å². The molecule has 0 aliphatic rings. The number of carbonyl (C=O) groups excluding carboxylic acids is 1. The van der Waals surface area contributed by atoms with Crippen LogP contribution in [0.1, 0.15) is 10.4 Å². The topological polar surface area (TPSA) is 92.7 Å². The molecule has 176 valence electrons. The molecular formula is C27H22N2O6. The zero-order chi connectivity index (χ0) is 24.7. The van der Waals surface area contributed by atoms with Crippen molar-refractivity contribution in [2.45, 2.75) is 0 Å². The molecule has 5 rings (SSSR count). The standard InChI is InChI=1S/C27H22N2O6/c1-28-20-13-10-17(14-21(20)29(2)27(28)32)22(30)15-34-26-24(31)19-6-4-5-7-23(19)35-25(26)16-8-11-18(33-3)12-9-16/h4-14H,15H2,1-3H3. The van der Waals surface area contributed by atoms with E-state index in [0.717, 1.165) is 0 Å². The normalized spacial score (nSPS) is 11.2. The Balaban J connectivity index is 1.53. The predicted octanol–water partition coefficient (Wildman–Crippen LogP) is 3.92. The van der Waals surface area contributed by atoms with Gasteiger partial charge in [-0.2, -0.15) is 0 Å². The molecule has 5 aromatic rings. The van der Waals surface area contributed by atoms with E-state index in [1.165, 1.54) is 9.13 Å². The number of rotatable bonds is 6. The van der Waals surface area contributed by atoms with Gasteiger partial charge in [-0.1, -0.05) is 12.1 Å². The van der Waals surface area contributed by atoms with Gasteiger partial charge < -0.3 is 13.9 Å². The molecule has 3 aromatic carbocycles. The molecule has 0 saturated heterocycles. The molecule has 0 saturated carbocycles. The molecule has 0 aliphatic carbocycles. The first-order chi connectivity index (χ1) is 16.9. The maximum Gasteiger partial charge on any atom is 0.328 e. The van der Waals surface area contributed by atoms with E-state index >= 15 is 0 Å². The van der Waals surface area contributed by atoms with E-state index in [-0.39, 0.29) is 35.0 Å². The van der Waals surface area contributed by atoms with Gasteiger partial charge in [0, 0.05) is 25.2 Å².